The maximum Gasteiger partial charge on any atom is 0.0480 e. The van der Waals surface area contributed by atoms with Gasteiger partial charge in [0.2, 0.25) is 0 Å². The van der Waals surface area contributed by atoms with Gasteiger partial charge in [-0.3, -0.25) is 4.99 Å². The standard InChI is InChI=1S/C12H26N2/c1-10(2)8-13-9-12(6,7)14-11(3,4)5/h9-10,14H,8H2,1-7H3/b13-9+. The summed E-state index contributed by atoms with van der Waals surface area (Å²) >= 11 is 0. The fourth-order valence-electron chi connectivity index (χ4n) is 1.49. The highest BCUT2D eigenvalue weighted by Gasteiger charge is 2.21. The second-order valence-corrected chi connectivity index (χ2v) is 5.98. The van der Waals surface area contributed by atoms with E-state index in [2.05, 4.69) is 58.8 Å². The van der Waals surface area contributed by atoms with Gasteiger partial charge in [0.15, 0.2) is 0 Å². The SMILES string of the molecule is CC(C)C/N=C/C(C)(C)NC(C)(C)C. The predicted octanol–water partition coefficient (Wildman–Crippen LogP) is 2.88. The molecule has 84 valence electrons. The molecule has 2 nitrogen and oxygen atoms in total. The zero-order valence-corrected chi connectivity index (χ0v) is 10.8. The van der Waals surface area contributed by atoms with Gasteiger partial charge in [0.1, 0.15) is 0 Å². The fourth-order valence-corrected chi connectivity index (χ4v) is 1.49. The van der Waals surface area contributed by atoms with Crippen molar-refractivity contribution < 1.29 is 0 Å². The molecule has 2 heteroatoms. The number of hydrogen-bond acceptors (Lipinski definition) is 2. The molecule has 0 amide bonds. The van der Waals surface area contributed by atoms with E-state index in [1.807, 2.05) is 6.21 Å². The van der Waals surface area contributed by atoms with Crippen LogP contribution in [0.3, 0.4) is 0 Å². The van der Waals surface area contributed by atoms with E-state index in [1.165, 1.54) is 0 Å². The summed E-state index contributed by atoms with van der Waals surface area (Å²) in [5.41, 5.74) is 0.112. The molecule has 14 heavy (non-hydrogen) atoms. The largest absolute Gasteiger partial charge is 0.302 e. The quantitative estimate of drug-likeness (QED) is 0.690. The summed E-state index contributed by atoms with van der Waals surface area (Å²) in [4.78, 5) is 4.44. The van der Waals surface area contributed by atoms with Gasteiger partial charge in [-0.15, -0.1) is 0 Å². The van der Waals surface area contributed by atoms with Gasteiger partial charge in [-0.05, 0) is 40.5 Å². The molecule has 1 N–H and O–H groups in total. The van der Waals surface area contributed by atoms with Crippen LogP contribution in [0.2, 0.25) is 0 Å². The van der Waals surface area contributed by atoms with E-state index < -0.39 is 0 Å². The van der Waals surface area contributed by atoms with Gasteiger partial charge in [0, 0.05) is 23.8 Å². The van der Waals surface area contributed by atoms with Crippen LogP contribution in [-0.4, -0.2) is 23.8 Å². The van der Waals surface area contributed by atoms with Crippen LogP contribution >= 0.6 is 0 Å². The number of nitrogens with one attached hydrogen (secondary N) is 1. The Kier molecular flexibility index (Phi) is 4.79. The first-order valence-corrected chi connectivity index (χ1v) is 5.43. The van der Waals surface area contributed by atoms with Gasteiger partial charge in [-0.25, -0.2) is 0 Å². The molecule has 0 radical (unpaired) electrons. The molecule has 0 unspecified atom stereocenters. The molecule has 0 fully saturated rings. The highest BCUT2D eigenvalue weighted by Crippen LogP contribution is 2.08. The van der Waals surface area contributed by atoms with Crippen molar-refractivity contribution in [2.45, 2.75) is 59.5 Å². The van der Waals surface area contributed by atoms with Gasteiger partial charge in [0.05, 0.1) is 0 Å². The summed E-state index contributed by atoms with van der Waals surface area (Å²) in [5, 5.41) is 3.52. The molecule has 0 aromatic carbocycles. The molecule has 0 aromatic rings. The molecular weight excluding hydrogens is 172 g/mol. The minimum atomic E-state index is -0.0207. The van der Waals surface area contributed by atoms with Crippen LogP contribution in [0.4, 0.5) is 0 Å². The van der Waals surface area contributed by atoms with E-state index in [-0.39, 0.29) is 11.1 Å². The molecule has 0 saturated heterocycles. The first kappa shape index (κ1) is 13.6. The predicted molar refractivity (Wildman–Crippen MR) is 65.2 cm³/mol. The maximum absolute atomic E-state index is 4.44. The minimum Gasteiger partial charge on any atom is -0.302 e. The first-order chi connectivity index (χ1) is 6.12. The van der Waals surface area contributed by atoms with Crippen molar-refractivity contribution in [3.8, 4) is 0 Å². The minimum absolute atomic E-state index is 0.0207. The van der Waals surface area contributed by atoms with Crippen molar-refractivity contribution in [3.63, 3.8) is 0 Å². The third kappa shape index (κ3) is 8.24. The molecular formula is C12H26N2. The number of hydrogen-bond donors (Lipinski definition) is 1. The molecule has 0 aromatic heterocycles. The zero-order valence-electron chi connectivity index (χ0n) is 10.8. The van der Waals surface area contributed by atoms with Crippen molar-refractivity contribution in [3.05, 3.63) is 0 Å². The van der Waals surface area contributed by atoms with Crippen molar-refractivity contribution in [1.82, 2.24) is 5.32 Å². The first-order valence-electron chi connectivity index (χ1n) is 5.43. The Bertz CT molecular complexity index is 185. The second-order valence-electron chi connectivity index (χ2n) is 5.98. The Morgan fingerprint density at radius 1 is 1.14 bits per heavy atom. The van der Waals surface area contributed by atoms with Gasteiger partial charge in [0.25, 0.3) is 0 Å². The van der Waals surface area contributed by atoms with Crippen LogP contribution < -0.4 is 5.32 Å². The van der Waals surface area contributed by atoms with Gasteiger partial charge in [-0.2, -0.15) is 0 Å². The molecule has 0 aliphatic heterocycles. The average molecular weight is 198 g/mol. The van der Waals surface area contributed by atoms with Gasteiger partial charge >= 0.3 is 0 Å². The molecule has 0 aliphatic carbocycles. The topological polar surface area (TPSA) is 24.4 Å². The van der Waals surface area contributed by atoms with E-state index in [1.54, 1.807) is 0 Å². The molecule has 0 heterocycles. The van der Waals surface area contributed by atoms with E-state index in [0.29, 0.717) is 5.92 Å². The monoisotopic (exact) mass is 198 g/mol. The highest BCUT2D eigenvalue weighted by molar-refractivity contribution is 5.69. The maximum atomic E-state index is 4.44. The van der Waals surface area contributed by atoms with Gasteiger partial charge < -0.3 is 5.32 Å². The second kappa shape index (κ2) is 4.92. The fraction of sp³-hybridized carbons (Fsp3) is 0.917. The van der Waals surface area contributed by atoms with Crippen LogP contribution in [0.25, 0.3) is 0 Å². The summed E-state index contributed by atoms with van der Waals surface area (Å²) in [7, 11) is 0. The number of nitrogens with zero attached hydrogens (tertiary/aromatic N) is 1. The molecule has 0 aliphatic rings. The third-order valence-electron chi connectivity index (χ3n) is 1.58. The average Bonchev–Trinajstić information content (AvgIpc) is 1.78. The van der Waals surface area contributed by atoms with Gasteiger partial charge in [-0.1, -0.05) is 13.8 Å². The summed E-state index contributed by atoms with van der Waals surface area (Å²) in [5.74, 6) is 0.636. The Balaban J connectivity index is 4.13. The zero-order chi connectivity index (χ0) is 11.4. The van der Waals surface area contributed by atoms with Crippen molar-refractivity contribution in [2.24, 2.45) is 10.9 Å². The smallest absolute Gasteiger partial charge is 0.0480 e. The number of aliphatic imine (C=N–C) groups is 1. The summed E-state index contributed by atoms with van der Waals surface area (Å²) < 4.78 is 0. The Morgan fingerprint density at radius 2 is 1.64 bits per heavy atom. The van der Waals surface area contributed by atoms with E-state index in [4.69, 9.17) is 0 Å². The summed E-state index contributed by atoms with van der Waals surface area (Å²) in [6.07, 6.45) is 2.03. The molecule has 0 saturated carbocycles. The third-order valence-corrected chi connectivity index (χ3v) is 1.58. The Hall–Kier alpha value is -0.370. The molecule has 0 atom stereocenters. The Morgan fingerprint density at radius 3 is 2.00 bits per heavy atom. The van der Waals surface area contributed by atoms with E-state index in [9.17, 15) is 0 Å². The normalized spacial score (nSPS) is 14.3. The Labute approximate surface area is 89.2 Å². The van der Waals surface area contributed by atoms with Crippen molar-refractivity contribution in [2.75, 3.05) is 6.54 Å². The van der Waals surface area contributed by atoms with E-state index >= 15 is 0 Å². The van der Waals surface area contributed by atoms with Crippen LogP contribution in [0, 0.1) is 5.92 Å². The van der Waals surface area contributed by atoms with Crippen LogP contribution in [-0.2, 0) is 0 Å². The van der Waals surface area contributed by atoms with Crippen LogP contribution in [0.15, 0.2) is 4.99 Å². The molecule has 0 bridgehead atoms. The van der Waals surface area contributed by atoms with Crippen LogP contribution in [0.1, 0.15) is 48.5 Å². The van der Waals surface area contributed by atoms with Crippen LogP contribution in [0.5, 0.6) is 0 Å². The highest BCUT2D eigenvalue weighted by atomic mass is 15.0. The van der Waals surface area contributed by atoms with Crippen molar-refractivity contribution in [1.29, 1.82) is 0 Å². The lowest BCUT2D eigenvalue weighted by atomic mass is 10.0. The van der Waals surface area contributed by atoms with Crippen molar-refractivity contribution >= 4 is 6.21 Å². The lowest BCUT2D eigenvalue weighted by Gasteiger charge is -2.31. The molecule has 0 spiro atoms. The lowest BCUT2D eigenvalue weighted by molar-refractivity contribution is 0.349. The summed E-state index contributed by atoms with van der Waals surface area (Å²) in [6.45, 7) is 16.1. The number of rotatable bonds is 4. The molecule has 0 rings (SSSR count). The van der Waals surface area contributed by atoms with E-state index in [0.717, 1.165) is 6.54 Å². The summed E-state index contributed by atoms with van der Waals surface area (Å²) in [6, 6.07) is 0. The lowest BCUT2D eigenvalue weighted by Crippen LogP contribution is -2.51.